The van der Waals surface area contributed by atoms with Gasteiger partial charge in [-0.3, -0.25) is 4.79 Å². The van der Waals surface area contributed by atoms with Gasteiger partial charge in [-0.25, -0.2) is 0 Å². The zero-order chi connectivity index (χ0) is 13.8. The van der Waals surface area contributed by atoms with Crippen LogP contribution in [0.4, 0.5) is 5.69 Å². The van der Waals surface area contributed by atoms with Crippen molar-refractivity contribution in [1.29, 1.82) is 0 Å². The lowest BCUT2D eigenvalue weighted by Gasteiger charge is -2.09. The summed E-state index contributed by atoms with van der Waals surface area (Å²) >= 11 is 11.6. The molecule has 0 aromatic heterocycles. The van der Waals surface area contributed by atoms with E-state index in [9.17, 15) is 9.90 Å². The average molecular weight is 296 g/mol. The van der Waals surface area contributed by atoms with E-state index in [1.165, 1.54) is 12.1 Å². The van der Waals surface area contributed by atoms with E-state index in [4.69, 9.17) is 23.2 Å². The van der Waals surface area contributed by atoms with Crippen molar-refractivity contribution >= 4 is 34.8 Å². The fraction of sp³-hybridized carbons (Fsp3) is 0.0714. The SMILES string of the molecule is O=C(Cc1ccccc1)Nc1cc(Cl)cc(Cl)c1O. The van der Waals surface area contributed by atoms with Crippen LogP contribution in [0, 0.1) is 0 Å². The number of halogens is 2. The van der Waals surface area contributed by atoms with Crippen LogP contribution in [0.15, 0.2) is 42.5 Å². The highest BCUT2D eigenvalue weighted by molar-refractivity contribution is 6.36. The molecule has 0 aliphatic heterocycles. The van der Waals surface area contributed by atoms with Gasteiger partial charge in [0.2, 0.25) is 5.91 Å². The topological polar surface area (TPSA) is 49.3 Å². The standard InChI is InChI=1S/C14H11Cl2NO2/c15-10-7-11(16)14(19)12(8-10)17-13(18)6-9-4-2-1-3-5-9/h1-5,7-8,19H,6H2,(H,17,18). The number of anilines is 1. The van der Waals surface area contributed by atoms with Gasteiger partial charge in [0.05, 0.1) is 17.1 Å². The van der Waals surface area contributed by atoms with E-state index in [1.807, 2.05) is 30.3 Å². The summed E-state index contributed by atoms with van der Waals surface area (Å²) in [6.45, 7) is 0. The maximum absolute atomic E-state index is 11.8. The molecule has 2 aromatic rings. The second-order valence-electron chi connectivity index (χ2n) is 3.99. The lowest BCUT2D eigenvalue weighted by atomic mass is 10.1. The molecule has 2 aromatic carbocycles. The maximum Gasteiger partial charge on any atom is 0.228 e. The Labute approximate surface area is 120 Å². The van der Waals surface area contributed by atoms with Gasteiger partial charge in [-0.05, 0) is 17.7 Å². The van der Waals surface area contributed by atoms with E-state index < -0.39 is 0 Å². The van der Waals surface area contributed by atoms with Crippen LogP contribution in [0.3, 0.4) is 0 Å². The molecule has 0 atom stereocenters. The Morgan fingerprint density at radius 1 is 1.16 bits per heavy atom. The molecule has 0 fully saturated rings. The Morgan fingerprint density at radius 2 is 1.84 bits per heavy atom. The quantitative estimate of drug-likeness (QED) is 0.844. The minimum Gasteiger partial charge on any atom is -0.504 e. The monoisotopic (exact) mass is 295 g/mol. The Bertz CT molecular complexity index is 600. The average Bonchev–Trinajstić information content (AvgIpc) is 2.36. The second kappa shape index (κ2) is 5.95. The maximum atomic E-state index is 11.8. The van der Waals surface area contributed by atoms with Gasteiger partial charge in [-0.2, -0.15) is 0 Å². The molecule has 0 aliphatic rings. The third-order valence-corrected chi connectivity index (χ3v) is 3.02. The molecule has 98 valence electrons. The second-order valence-corrected chi connectivity index (χ2v) is 4.84. The number of phenolic OH excluding ortho intramolecular Hbond substituents is 1. The first-order valence-electron chi connectivity index (χ1n) is 5.58. The summed E-state index contributed by atoms with van der Waals surface area (Å²) in [5.41, 5.74) is 1.09. The molecule has 3 nitrogen and oxygen atoms in total. The van der Waals surface area contributed by atoms with Crippen LogP contribution < -0.4 is 5.32 Å². The largest absolute Gasteiger partial charge is 0.504 e. The third-order valence-electron chi connectivity index (χ3n) is 2.51. The van der Waals surface area contributed by atoms with Gasteiger partial charge < -0.3 is 10.4 Å². The Balaban J connectivity index is 2.11. The van der Waals surface area contributed by atoms with E-state index in [0.717, 1.165) is 5.56 Å². The highest BCUT2D eigenvalue weighted by Gasteiger charge is 2.11. The van der Waals surface area contributed by atoms with Gasteiger partial charge in [0.1, 0.15) is 0 Å². The van der Waals surface area contributed by atoms with Crippen molar-refractivity contribution in [3.63, 3.8) is 0 Å². The molecule has 2 N–H and O–H groups in total. The summed E-state index contributed by atoms with van der Waals surface area (Å²) in [4.78, 5) is 11.8. The minimum atomic E-state index is -0.250. The fourth-order valence-electron chi connectivity index (χ4n) is 1.64. The van der Waals surface area contributed by atoms with Crippen LogP contribution >= 0.6 is 23.2 Å². The van der Waals surface area contributed by atoms with E-state index in [2.05, 4.69) is 5.32 Å². The van der Waals surface area contributed by atoms with Crippen molar-refractivity contribution in [2.24, 2.45) is 0 Å². The van der Waals surface area contributed by atoms with E-state index in [0.29, 0.717) is 5.02 Å². The van der Waals surface area contributed by atoms with Crippen LogP contribution in [0.25, 0.3) is 0 Å². The first-order valence-corrected chi connectivity index (χ1v) is 6.33. The summed E-state index contributed by atoms with van der Waals surface area (Å²) in [6, 6.07) is 12.2. The summed E-state index contributed by atoms with van der Waals surface area (Å²) in [5.74, 6) is -0.438. The Hall–Kier alpha value is -1.71. The first kappa shape index (κ1) is 13.7. The Kier molecular flexibility index (Phi) is 4.30. The Morgan fingerprint density at radius 3 is 2.53 bits per heavy atom. The number of amides is 1. The lowest BCUT2D eigenvalue weighted by molar-refractivity contribution is -0.115. The number of rotatable bonds is 3. The number of carbonyl (C=O) groups is 1. The molecular formula is C14H11Cl2NO2. The van der Waals surface area contributed by atoms with Crippen LogP contribution in [-0.2, 0) is 11.2 Å². The van der Waals surface area contributed by atoms with Gasteiger partial charge in [0.25, 0.3) is 0 Å². The number of hydrogen-bond acceptors (Lipinski definition) is 2. The molecule has 0 bridgehead atoms. The predicted octanol–water partition coefficient (Wildman–Crippen LogP) is 3.88. The number of aromatic hydroxyl groups is 1. The molecule has 1 amide bonds. The van der Waals surface area contributed by atoms with Gasteiger partial charge in [-0.15, -0.1) is 0 Å². The van der Waals surface area contributed by atoms with Gasteiger partial charge in [0, 0.05) is 5.02 Å². The van der Waals surface area contributed by atoms with Crippen LogP contribution in [0.5, 0.6) is 5.75 Å². The lowest BCUT2D eigenvalue weighted by Crippen LogP contribution is -2.14. The number of phenols is 1. The highest BCUT2D eigenvalue weighted by atomic mass is 35.5. The van der Waals surface area contributed by atoms with Crippen molar-refractivity contribution in [1.82, 2.24) is 0 Å². The van der Waals surface area contributed by atoms with Crippen LogP contribution in [0.1, 0.15) is 5.56 Å². The number of nitrogens with one attached hydrogen (secondary N) is 1. The number of benzene rings is 2. The normalized spacial score (nSPS) is 10.2. The van der Waals surface area contributed by atoms with Crippen molar-refractivity contribution in [3.8, 4) is 5.75 Å². The highest BCUT2D eigenvalue weighted by Crippen LogP contribution is 2.34. The molecule has 0 saturated heterocycles. The summed E-state index contributed by atoms with van der Waals surface area (Å²) in [7, 11) is 0. The predicted molar refractivity (Wildman–Crippen MR) is 76.9 cm³/mol. The van der Waals surface area contributed by atoms with Gasteiger partial charge >= 0.3 is 0 Å². The van der Waals surface area contributed by atoms with Crippen molar-refractivity contribution in [3.05, 3.63) is 58.1 Å². The van der Waals surface area contributed by atoms with Crippen LogP contribution in [0.2, 0.25) is 10.0 Å². The summed E-state index contributed by atoms with van der Waals surface area (Å²) in [6.07, 6.45) is 0.213. The van der Waals surface area contributed by atoms with Gasteiger partial charge in [-0.1, -0.05) is 53.5 Å². The summed E-state index contributed by atoms with van der Waals surface area (Å²) < 4.78 is 0. The zero-order valence-electron chi connectivity index (χ0n) is 9.86. The smallest absolute Gasteiger partial charge is 0.228 e. The minimum absolute atomic E-state index is 0.0995. The zero-order valence-corrected chi connectivity index (χ0v) is 11.4. The van der Waals surface area contributed by atoms with Crippen molar-refractivity contribution in [2.45, 2.75) is 6.42 Å². The number of hydrogen-bond donors (Lipinski definition) is 2. The molecule has 0 radical (unpaired) electrons. The molecule has 0 spiro atoms. The molecule has 2 rings (SSSR count). The third kappa shape index (κ3) is 3.63. The van der Waals surface area contributed by atoms with E-state index in [1.54, 1.807) is 0 Å². The molecule has 0 heterocycles. The van der Waals surface area contributed by atoms with Crippen LogP contribution in [-0.4, -0.2) is 11.0 Å². The molecule has 0 unspecified atom stereocenters. The van der Waals surface area contributed by atoms with Crippen molar-refractivity contribution < 1.29 is 9.90 Å². The van der Waals surface area contributed by atoms with Gasteiger partial charge in [0.15, 0.2) is 5.75 Å². The summed E-state index contributed by atoms with van der Waals surface area (Å²) in [5, 5.41) is 12.8. The molecular weight excluding hydrogens is 285 g/mol. The molecule has 0 saturated carbocycles. The molecule has 5 heteroatoms. The molecule has 0 aliphatic carbocycles. The van der Waals surface area contributed by atoms with E-state index >= 15 is 0 Å². The van der Waals surface area contributed by atoms with Crippen molar-refractivity contribution in [2.75, 3.05) is 5.32 Å². The molecule has 19 heavy (non-hydrogen) atoms. The van der Waals surface area contributed by atoms with E-state index in [-0.39, 0.29) is 28.8 Å². The number of carbonyl (C=O) groups excluding carboxylic acids is 1. The first-order chi connectivity index (χ1) is 9.06. The fourth-order valence-corrected chi connectivity index (χ4v) is 2.13.